The first kappa shape index (κ1) is 24.5. The van der Waals surface area contributed by atoms with Crippen molar-refractivity contribution in [2.24, 2.45) is 16.6 Å². The number of oxime groups is 1. The molecular weight excluding hydrogens is 470 g/mol. The summed E-state index contributed by atoms with van der Waals surface area (Å²) >= 11 is 0. The van der Waals surface area contributed by atoms with Gasteiger partial charge in [0, 0.05) is 17.7 Å². The number of rotatable bonds is 7. The van der Waals surface area contributed by atoms with Gasteiger partial charge in [0.25, 0.3) is 11.8 Å². The Morgan fingerprint density at radius 1 is 1.00 bits per heavy atom. The van der Waals surface area contributed by atoms with E-state index in [1.807, 2.05) is 19.1 Å². The molecule has 1 aliphatic heterocycles. The van der Waals surface area contributed by atoms with Crippen molar-refractivity contribution in [1.82, 2.24) is 0 Å². The molecule has 1 aliphatic rings. The number of amides is 3. The van der Waals surface area contributed by atoms with E-state index in [9.17, 15) is 23.2 Å². The van der Waals surface area contributed by atoms with Gasteiger partial charge < -0.3 is 21.6 Å². The molecule has 0 saturated heterocycles. The molecule has 1 atom stereocenters. The van der Waals surface area contributed by atoms with Gasteiger partial charge in [0.15, 0.2) is 0 Å². The molecule has 4 rings (SSSR count). The summed E-state index contributed by atoms with van der Waals surface area (Å²) < 4.78 is 27.8. The van der Waals surface area contributed by atoms with Crippen molar-refractivity contribution in [3.05, 3.63) is 89.0 Å². The molecular formula is C26H22F2N4O4. The summed E-state index contributed by atoms with van der Waals surface area (Å²) in [4.78, 5) is 41.0. The molecule has 3 aromatic rings. The standard InChI is InChI=1S/C26H22F2N4O4/c1-14-5-6-16(21-12-26(25(30)35,36-32-21)13-22(29)33)11-18(14)15-7-9-17(10-8-15)31-24(34)23-19(27)3-2-4-20(23)28/h2-11H,12-13H2,1H3,(H2,29,33)(H2,30,35)(H,31,34). The number of nitrogens with one attached hydrogen (secondary N) is 1. The van der Waals surface area contributed by atoms with Crippen LogP contribution in [0.3, 0.4) is 0 Å². The summed E-state index contributed by atoms with van der Waals surface area (Å²) in [5, 5.41) is 6.48. The van der Waals surface area contributed by atoms with Crippen molar-refractivity contribution in [3.63, 3.8) is 0 Å². The fourth-order valence-electron chi connectivity index (χ4n) is 3.98. The summed E-state index contributed by atoms with van der Waals surface area (Å²) in [5.41, 5.74) is 12.4. The van der Waals surface area contributed by atoms with Crippen LogP contribution < -0.4 is 16.8 Å². The normalized spacial score (nSPS) is 16.7. The Hall–Kier alpha value is -4.60. The zero-order valence-corrected chi connectivity index (χ0v) is 19.2. The summed E-state index contributed by atoms with van der Waals surface area (Å²) in [6, 6.07) is 15.4. The number of hydrogen-bond donors (Lipinski definition) is 3. The third kappa shape index (κ3) is 4.78. The van der Waals surface area contributed by atoms with Crippen LogP contribution in [0.2, 0.25) is 0 Å². The first-order valence-corrected chi connectivity index (χ1v) is 10.9. The van der Waals surface area contributed by atoms with E-state index in [1.54, 1.807) is 30.3 Å². The smallest absolute Gasteiger partial charge is 0.265 e. The fraction of sp³-hybridized carbons (Fsp3) is 0.154. The van der Waals surface area contributed by atoms with Gasteiger partial charge in [-0.25, -0.2) is 8.78 Å². The number of hydrogen-bond acceptors (Lipinski definition) is 5. The summed E-state index contributed by atoms with van der Waals surface area (Å²) in [5.74, 6) is -4.37. The highest BCUT2D eigenvalue weighted by atomic mass is 19.1. The molecule has 10 heteroatoms. The molecule has 8 nitrogen and oxygen atoms in total. The molecule has 5 N–H and O–H groups in total. The molecule has 1 heterocycles. The lowest BCUT2D eigenvalue weighted by atomic mass is 9.88. The van der Waals surface area contributed by atoms with Gasteiger partial charge in [-0.1, -0.05) is 35.5 Å². The van der Waals surface area contributed by atoms with Gasteiger partial charge in [-0.3, -0.25) is 14.4 Å². The first-order valence-electron chi connectivity index (χ1n) is 10.9. The highest BCUT2D eigenvalue weighted by Gasteiger charge is 2.46. The van der Waals surface area contributed by atoms with E-state index in [0.717, 1.165) is 28.8 Å². The van der Waals surface area contributed by atoms with Crippen molar-refractivity contribution in [2.45, 2.75) is 25.4 Å². The minimum atomic E-state index is -1.62. The molecule has 0 aliphatic carbocycles. The third-order valence-electron chi connectivity index (χ3n) is 5.91. The maximum absolute atomic E-state index is 13.9. The monoisotopic (exact) mass is 492 g/mol. The number of aryl methyl sites for hydroxylation is 1. The van der Waals surface area contributed by atoms with Crippen LogP contribution in [-0.4, -0.2) is 29.0 Å². The Kier molecular flexibility index (Phi) is 6.52. The second kappa shape index (κ2) is 9.57. The largest absolute Gasteiger partial charge is 0.378 e. The fourth-order valence-corrected chi connectivity index (χ4v) is 3.98. The van der Waals surface area contributed by atoms with Gasteiger partial charge in [-0.05, 0) is 53.9 Å². The zero-order chi connectivity index (χ0) is 26.0. The van der Waals surface area contributed by atoms with Crippen LogP contribution in [0.25, 0.3) is 11.1 Å². The van der Waals surface area contributed by atoms with E-state index in [2.05, 4.69) is 10.5 Å². The van der Waals surface area contributed by atoms with E-state index in [-0.39, 0.29) is 6.42 Å². The van der Waals surface area contributed by atoms with Gasteiger partial charge in [-0.2, -0.15) is 0 Å². The minimum absolute atomic E-state index is 0.00858. The highest BCUT2D eigenvalue weighted by molar-refractivity contribution is 6.07. The number of carbonyl (C=O) groups is 3. The number of primary amides is 2. The zero-order valence-electron chi connectivity index (χ0n) is 19.2. The van der Waals surface area contributed by atoms with Crippen LogP contribution in [0.1, 0.15) is 34.3 Å². The van der Waals surface area contributed by atoms with Crippen molar-refractivity contribution in [3.8, 4) is 11.1 Å². The maximum atomic E-state index is 13.9. The number of carbonyl (C=O) groups excluding carboxylic acids is 3. The Bertz CT molecular complexity index is 1390. The van der Waals surface area contributed by atoms with Gasteiger partial charge in [0.05, 0.1) is 12.1 Å². The predicted molar refractivity (Wildman–Crippen MR) is 129 cm³/mol. The molecule has 0 radical (unpaired) electrons. The van der Waals surface area contributed by atoms with Crippen LogP contribution >= 0.6 is 0 Å². The van der Waals surface area contributed by atoms with Crippen LogP contribution in [0.5, 0.6) is 0 Å². The van der Waals surface area contributed by atoms with Gasteiger partial charge in [0.2, 0.25) is 11.5 Å². The Labute approximate surface area is 204 Å². The number of benzene rings is 3. The van der Waals surface area contributed by atoms with Gasteiger partial charge in [-0.15, -0.1) is 0 Å². The molecule has 0 aromatic heterocycles. The highest BCUT2D eigenvalue weighted by Crippen LogP contribution is 2.32. The van der Waals surface area contributed by atoms with E-state index >= 15 is 0 Å². The molecule has 0 fully saturated rings. The minimum Gasteiger partial charge on any atom is -0.378 e. The van der Waals surface area contributed by atoms with E-state index in [1.165, 1.54) is 6.07 Å². The molecule has 36 heavy (non-hydrogen) atoms. The third-order valence-corrected chi connectivity index (χ3v) is 5.91. The van der Waals surface area contributed by atoms with Crippen LogP contribution in [-0.2, 0) is 14.4 Å². The van der Waals surface area contributed by atoms with Crippen molar-refractivity contribution in [2.75, 3.05) is 5.32 Å². The van der Waals surface area contributed by atoms with Crippen LogP contribution in [0.4, 0.5) is 14.5 Å². The summed E-state index contributed by atoms with van der Waals surface area (Å²) in [7, 11) is 0. The molecule has 0 saturated carbocycles. The lowest BCUT2D eigenvalue weighted by Gasteiger charge is -2.20. The Morgan fingerprint density at radius 2 is 1.64 bits per heavy atom. The molecule has 0 bridgehead atoms. The van der Waals surface area contributed by atoms with E-state index in [0.29, 0.717) is 17.0 Å². The first-order chi connectivity index (χ1) is 17.1. The van der Waals surface area contributed by atoms with Crippen LogP contribution in [0, 0.1) is 18.6 Å². The molecule has 1 unspecified atom stereocenters. The average Bonchev–Trinajstić information content (AvgIpc) is 3.25. The lowest BCUT2D eigenvalue weighted by Crippen LogP contribution is -2.47. The predicted octanol–water partition coefficient (Wildman–Crippen LogP) is 3.42. The van der Waals surface area contributed by atoms with Crippen molar-refractivity contribution >= 4 is 29.1 Å². The second-order valence-electron chi connectivity index (χ2n) is 8.47. The average molecular weight is 492 g/mol. The summed E-state index contributed by atoms with van der Waals surface area (Å²) in [6.07, 6.45) is -0.399. The molecule has 3 aromatic carbocycles. The summed E-state index contributed by atoms with van der Waals surface area (Å²) in [6.45, 7) is 1.91. The lowest BCUT2D eigenvalue weighted by molar-refractivity contribution is -0.145. The van der Waals surface area contributed by atoms with Gasteiger partial charge >= 0.3 is 0 Å². The number of nitrogens with zero attached hydrogens (tertiary/aromatic N) is 1. The topological polar surface area (TPSA) is 137 Å². The molecule has 184 valence electrons. The number of halogens is 2. The molecule has 3 amide bonds. The van der Waals surface area contributed by atoms with E-state index in [4.69, 9.17) is 16.3 Å². The maximum Gasteiger partial charge on any atom is 0.265 e. The van der Waals surface area contributed by atoms with Crippen molar-refractivity contribution in [1.29, 1.82) is 0 Å². The number of nitrogens with two attached hydrogens (primary N) is 2. The SMILES string of the molecule is Cc1ccc(C2=NOC(CC(N)=O)(C(N)=O)C2)cc1-c1ccc(NC(=O)c2c(F)cccc2F)cc1. The number of anilines is 1. The second-order valence-corrected chi connectivity index (χ2v) is 8.47. The van der Waals surface area contributed by atoms with Crippen LogP contribution in [0.15, 0.2) is 65.8 Å². The Balaban J connectivity index is 1.55. The molecule has 0 spiro atoms. The van der Waals surface area contributed by atoms with Crippen molar-refractivity contribution < 1.29 is 28.0 Å². The van der Waals surface area contributed by atoms with E-state index < -0.39 is 46.9 Å². The Morgan fingerprint density at radius 3 is 2.25 bits per heavy atom. The quantitative estimate of drug-likeness (QED) is 0.465. The van der Waals surface area contributed by atoms with Gasteiger partial charge in [0.1, 0.15) is 17.2 Å².